The van der Waals surface area contributed by atoms with Crippen molar-refractivity contribution in [2.75, 3.05) is 5.73 Å². The second kappa shape index (κ2) is 14.4. The van der Waals surface area contributed by atoms with Gasteiger partial charge in [-0.05, 0) is 24.6 Å². The van der Waals surface area contributed by atoms with Gasteiger partial charge in [0, 0.05) is 28.6 Å². The van der Waals surface area contributed by atoms with Crippen molar-refractivity contribution in [3.63, 3.8) is 0 Å². The van der Waals surface area contributed by atoms with E-state index in [2.05, 4.69) is 30.7 Å². The van der Waals surface area contributed by atoms with Crippen LogP contribution in [0.25, 0.3) is 5.70 Å². The first-order valence-electron chi connectivity index (χ1n) is 12.0. The first-order chi connectivity index (χ1) is 16.9. The Morgan fingerprint density at radius 2 is 1.51 bits per heavy atom. The molecule has 0 spiro atoms. The van der Waals surface area contributed by atoms with Crippen LogP contribution in [-0.4, -0.2) is 10.8 Å². The Balaban J connectivity index is 0.000000641. The molecule has 184 valence electrons. The topological polar surface area (TPSA) is 93.5 Å². The molecule has 0 aliphatic carbocycles. The summed E-state index contributed by atoms with van der Waals surface area (Å²) in [5, 5.41) is 14.6. The van der Waals surface area contributed by atoms with Crippen molar-refractivity contribution < 1.29 is 4.92 Å². The van der Waals surface area contributed by atoms with Crippen LogP contribution in [0.2, 0.25) is 0 Å². The molecule has 0 aliphatic rings. The van der Waals surface area contributed by atoms with Crippen molar-refractivity contribution >= 4 is 22.9 Å². The van der Waals surface area contributed by atoms with Crippen molar-refractivity contribution in [2.45, 2.75) is 53.0 Å². The number of amidine groups is 1. The molecule has 0 unspecified atom stereocenters. The van der Waals surface area contributed by atoms with E-state index in [9.17, 15) is 10.1 Å². The number of hydrogen-bond acceptors (Lipinski definition) is 4. The number of hydrogen-bond donors (Lipinski definition) is 2. The Bertz CT molecular complexity index is 1150. The predicted molar refractivity (Wildman–Crippen MR) is 147 cm³/mol. The van der Waals surface area contributed by atoms with Gasteiger partial charge in [0.05, 0.1) is 17.0 Å². The number of nitrogens with one attached hydrogen (secondary N) is 1. The molecule has 0 fully saturated rings. The monoisotopic (exact) mass is 472 g/mol. The van der Waals surface area contributed by atoms with Gasteiger partial charge in [-0.15, -0.1) is 0 Å². The number of anilines is 1. The molecule has 0 radical (unpaired) electrons. The fraction of sp³-hybridized carbons (Fsp3) is 0.276. The highest BCUT2D eigenvalue weighted by Crippen LogP contribution is 2.21. The van der Waals surface area contributed by atoms with Gasteiger partial charge in [-0.2, -0.15) is 0 Å². The molecule has 0 aromatic heterocycles. The number of nitro groups is 1. The van der Waals surface area contributed by atoms with E-state index < -0.39 is 4.92 Å². The molecule has 0 heterocycles. The predicted octanol–water partition coefficient (Wildman–Crippen LogP) is 7.28. The molecule has 0 saturated carbocycles. The molecular formula is C29H36N4O2. The molecule has 0 amide bonds. The lowest BCUT2D eigenvalue weighted by Crippen LogP contribution is -2.24. The summed E-state index contributed by atoms with van der Waals surface area (Å²) in [5.41, 5.74) is 10.7. The summed E-state index contributed by atoms with van der Waals surface area (Å²) in [5.74, 6) is 0.509. The van der Waals surface area contributed by atoms with Gasteiger partial charge < -0.3 is 11.1 Å². The largest absolute Gasteiger partial charge is 0.398 e. The van der Waals surface area contributed by atoms with Gasteiger partial charge in [0.1, 0.15) is 5.84 Å². The molecule has 0 aliphatic heterocycles. The van der Waals surface area contributed by atoms with E-state index in [1.54, 1.807) is 24.3 Å². The molecule has 35 heavy (non-hydrogen) atoms. The molecule has 3 N–H and O–H groups in total. The fourth-order valence-corrected chi connectivity index (χ4v) is 3.51. The second-order valence-electron chi connectivity index (χ2n) is 8.26. The molecule has 3 aromatic carbocycles. The second-order valence-corrected chi connectivity index (χ2v) is 8.26. The number of nitro benzene ring substituents is 1. The molecule has 0 saturated heterocycles. The van der Waals surface area contributed by atoms with Crippen LogP contribution in [0.4, 0.5) is 11.4 Å². The van der Waals surface area contributed by atoms with Gasteiger partial charge in [-0.25, -0.2) is 0 Å². The number of unbranched alkanes of at least 4 members (excludes halogenated alkanes) is 3. The summed E-state index contributed by atoms with van der Waals surface area (Å²) < 4.78 is 0. The normalized spacial score (nSPS) is 10.8. The van der Waals surface area contributed by atoms with Crippen LogP contribution in [0.3, 0.4) is 0 Å². The van der Waals surface area contributed by atoms with Gasteiger partial charge in [0.15, 0.2) is 0 Å². The molecule has 3 aromatic rings. The molecular weight excluding hydrogens is 436 g/mol. The zero-order chi connectivity index (χ0) is 25.6. The summed E-state index contributed by atoms with van der Waals surface area (Å²) in [6.07, 6.45) is 5.54. The molecule has 6 heteroatoms. The van der Waals surface area contributed by atoms with E-state index in [1.165, 1.54) is 31.7 Å². The number of aryl methyl sites for hydroxylation is 1. The standard InChI is InChI=1S/C23H22N4O2.C6H14/c1-16-9-3-5-11-19(16)17(2)26-23(20-12-6-7-13-21(20)24)25-15-18-10-4-8-14-22(18)27(28)29;1-3-5-6-4-2/h3-14H,2,15,24H2,1H3,(H,25,26);3-6H2,1-2H3. The fourth-order valence-electron chi connectivity index (χ4n) is 3.51. The van der Waals surface area contributed by atoms with Gasteiger partial charge in [-0.1, -0.05) is 101 Å². The molecule has 6 nitrogen and oxygen atoms in total. The van der Waals surface area contributed by atoms with Crippen LogP contribution in [0, 0.1) is 17.0 Å². The third-order valence-electron chi connectivity index (χ3n) is 5.51. The van der Waals surface area contributed by atoms with Crippen LogP contribution in [-0.2, 0) is 6.54 Å². The molecule has 3 rings (SSSR count). The number of nitrogens with zero attached hydrogens (tertiary/aromatic N) is 2. The summed E-state index contributed by atoms with van der Waals surface area (Å²) in [6, 6.07) is 21.8. The SMILES string of the molecule is C=C(NC(=NCc1ccccc1[N+](=O)[O-])c1ccccc1N)c1ccccc1C.CCCCCC. The van der Waals surface area contributed by atoms with Crippen molar-refractivity contribution in [1.82, 2.24) is 5.32 Å². The maximum Gasteiger partial charge on any atom is 0.274 e. The van der Waals surface area contributed by atoms with Crippen molar-refractivity contribution in [2.24, 2.45) is 4.99 Å². The maximum absolute atomic E-state index is 11.3. The number of benzene rings is 3. The van der Waals surface area contributed by atoms with Gasteiger partial charge in [-0.3, -0.25) is 15.1 Å². The highest BCUT2D eigenvalue weighted by atomic mass is 16.6. The van der Waals surface area contributed by atoms with Gasteiger partial charge >= 0.3 is 0 Å². The van der Waals surface area contributed by atoms with Crippen molar-refractivity contribution in [3.8, 4) is 0 Å². The van der Waals surface area contributed by atoms with Crippen LogP contribution < -0.4 is 11.1 Å². The minimum Gasteiger partial charge on any atom is -0.398 e. The summed E-state index contributed by atoms with van der Waals surface area (Å²) in [6.45, 7) is 10.7. The van der Waals surface area contributed by atoms with E-state index in [-0.39, 0.29) is 12.2 Å². The highest BCUT2D eigenvalue weighted by molar-refractivity contribution is 6.06. The minimum atomic E-state index is -0.402. The van der Waals surface area contributed by atoms with Crippen LogP contribution in [0.1, 0.15) is 61.8 Å². The molecule has 0 atom stereocenters. The van der Waals surface area contributed by atoms with Gasteiger partial charge in [0.25, 0.3) is 5.69 Å². The van der Waals surface area contributed by atoms with E-state index in [0.29, 0.717) is 28.3 Å². The number of nitrogen functional groups attached to an aromatic ring is 1. The van der Waals surface area contributed by atoms with E-state index in [1.807, 2.05) is 49.4 Å². The summed E-state index contributed by atoms with van der Waals surface area (Å²) >= 11 is 0. The van der Waals surface area contributed by atoms with Crippen LogP contribution in [0.5, 0.6) is 0 Å². The van der Waals surface area contributed by atoms with Crippen LogP contribution in [0.15, 0.2) is 84.4 Å². The average Bonchev–Trinajstić information content (AvgIpc) is 2.86. The van der Waals surface area contributed by atoms with Gasteiger partial charge in [0.2, 0.25) is 0 Å². The minimum absolute atomic E-state index is 0.0364. The lowest BCUT2D eigenvalue weighted by Gasteiger charge is -2.16. The average molecular weight is 473 g/mol. The summed E-state index contributed by atoms with van der Waals surface area (Å²) in [7, 11) is 0. The first-order valence-corrected chi connectivity index (χ1v) is 12.0. The number of para-hydroxylation sites is 2. The number of rotatable bonds is 9. The summed E-state index contributed by atoms with van der Waals surface area (Å²) in [4.78, 5) is 15.5. The highest BCUT2D eigenvalue weighted by Gasteiger charge is 2.14. The Morgan fingerprint density at radius 3 is 2.11 bits per heavy atom. The Hall–Kier alpha value is -3.93. The molecule has 0 bridgehead atoms. The van der Waals surface area contributed by atoms with Crippen LogP contribution >= 0.6 is 0 Å². The van der Waals surface area contributed by atoms with Crippen molar-refractivity contribution in [3.05, 3.63) is 112 Å². The Labute approximate surface area is 208 Å². The first kappa shape index (κ1) is 27.3. The Morgan fingerprint density at radius 1 is 0.943 bits per heavy atom. The lowest BCUT2D eigenvalue weighted by atomic mass is 10.1. The third-order valence-corrected chi connectivity index (χ3v) is 5.51. The van der Waals surface area contributed by atoms with E-state index >= 15 is 0 Å². The quantitative estimate of drug-likeness (QED) is 0.0854. The number of aliphatic imine (C=N–C) groups is 1. The number of nitrogens with two attached hydrogens (primary N) is 1. The zero-order valence-electron chi connectivity index (χ0n) is 21.0. The van der Waals surface area contributed by atoms with Crippen molar-refractivity contribution in [1.29, 1.82) is 0 Å². The lowest BCUT2D eigenvalue weighted by molar-refractivity contribution is -0.385. The maximum atomic E-state index is 11.3. The zero-order valence-corrected chi connectivity index (χ0v) is 21.0. The van der Waals surface area contributed by atoms with E-state index in [0.717, 1.165) is 11.1 Å². The smallest absolute Gasteiger partial charge is 0.274 e. The third kappa shape index (κ3) is 8.41. The van der Waals surface area contributed by atoms with E-state index in [4.69, 9.17) is 5.73 Å². The Kier molecular flexibility index (Phi) is 11.2.